The molecule has 0 aromatic heterocycles. The summed E-state index contributed by atoms with van der Waals surface area (Å²) >= 11 is 0. The summed E-state index contributed by atoms with van der Waals surface area (Å²) in [6.45, 7) is 5.11. The third-order valence-corrected chi connectivity index (χ3v) is 3.08. The predicted molar refractivity (Wildman–Crippen MR) is 92.0 cm³/mol. The van der Waals surface area contributed by atoms with E-state index in [0.29, 0.717) is 5.56 Å². The molecule has 0 spiro atoms. The third-order valence-electron chi connectivity index (χ3n) is 3.08. The number of benzene rings is 2. The molecule has 126 valence electrons. The number of carbonyl (C=O) groups is 1. The molecule has 0 aliphatic carbocycles. The Labute approximate surface area is 140 Å². The molecule has 2 aromatic rings. The summed E-state index contributed by atoms with van der Waals surface area (Å²) < 4.78 is 5.17. The van der Waals surface area contributed by atoms with Crippen LogP contribution in [0.4, 0.5) is 0 Å². The lowest BCUT2D eigenvalue weighted by Gasteiger charge is -2.20. The Kier molecular flexibility index (Phi) is 4.83. The van der Waals surface area contributed by atoms with Crippen molar-refractivity contribution in [3.8, 4) is 17.2 Å². The molecule has 2 rings (SSSR count). The molecule has 0 saturated carbocycles. The summed E-state index contributed by atoms with van der Waals surface area (Å²) in [5, 5.41) is 29.3. The van der Waals surface area contributed by atoms with Gasteiger partial charge in [0.15, 0.2) is 0 Å². The molecule has 0 amide bonds. The molecular weight excluding hydrogens is 308 g/mol. The maximum absolute atomic E-state index is 12.0. The fraction of sp³-hybridized carbons (Fsp3) is 0.211. The monoisotopic (exact) mass is 328 g/mol. The Bertz CT molecular complexity index is 744. The zero-order valence-corrected chi connectivity index (χ0v) is 13.8. The predicted octanol–water partition coefficient (Wildman–Crippen LogP) is 3.93. The molecule has 0 radical (unpaired) electrons. The molecule has 3 N–H and O–H groups in total. The molecular formula is C19H20O5. The van der Waals surface area contributed by atoms with E-state index in [9.17, 15) is 20.1 Å². The Balaban J connectivity index is 2.26. The normalized spacial score (nSPS) is 11.6. The average Bonchev–Trinajstić information content (AvgIpc) is 2.44. The summed E-state index contributed by atoms with van der Waals surface area (Å²) in [7, 11) is 0. The molecule has 0 bridgehead atoms. The van der Waals surface area contributed by atoms with Gasteiger partial charge < -0.3 is 20.1 Å². The summed E-state index contributed by atoms with van der Waals surface area (Å²) in [6.07, 6.45) is 3.42. The van der Waals surface area contributed by atoms with Crippen molar-refractivity contribution in [3.05, 3.63) is 53.1 Å². The van der Waals surface area contributed by atoms with Crippen LogP contribution in [0, 0.1) is 0 Å². The largest absolute Gasteiger partial charge is 0.508 e. The molecule has 0 aliphatic heterocycles. The first-order chi connectivity index (χ1) is 11.2. The molecule has 0 aliphatic rings. The van der Waals surface area contributed by atoms with Crippen molar-refractivity contribution in [2.75, 3.05) is 0 Å². The molecule has 0 fully saturated rings. The van der Waals surface area contributed by atoms with E-state index >= 15 is 0 Å². The first-order valence-electron chi connectivity index (χ1n) is 7.42. The highest BCUT2D eigenvalue weighted by atomic mass is 16.6. The van der Waals surface area contributed by atoms with Gasteiger partial charge in [-0.15, -0.1) is 0 Å². The molecule has 0 unspecified atom stereocenters. The highest BCUT2D eigenvalue weighted by Crippen LogP contribution is 2.31. The second kappa shape index (κ2) is 6.66. The van der Waals surface area contributed by atoms with Crippen molar-refractivity contribution < 1.29 is 24.9 Å². The molecule has 5 nitrogen and oxygen atoms in total. The summed E-state index contributed by atoms with van der Waals surface area (Å²) in [6, 6.07) is 9.30. The molecule has 0 saturated heterocycles. The van der Waals surface area contributed by atoms with Crippen LogP contribution in [0.5, 0.6) is 17.2 Å². The smallest absolute Gasteiger partial charge is 0.346 e. The van der Waals surface area contributed by atoms with E-state index in [1.54, 1.807) is 57.2 Å². The van der Waals surface area contributed by atoms with Gasteiger partial charge in [0.2, 0.25) is 0 Å². The van der Waals surface area contributed by atoms with Crippen molar-refractivity contribution in [3.63, 3.8) is 0 Å². The van der Waals surface area contributed by atoms with Gasteiger partial charge in [0.1, 0.15) is 28.4 Å². The van der Waals surface area contributed by atoms with E-state index in [4.69, 9.17) is 4.74 Å². The lowest BCUT2D eigenvalue weighted by molar-refractivity contribution is 0.00640. The quantitative estimate of drug-likeness (QED) is 0.587. The molecule has 2 aromatic carbocycles. The van der Waals surface area contributed by atoms with Crippen LogP contribution in [0.1, 0.15) is 42.3 Å². The van der Waals surface area contributed by atoms with Gasteiger partial charge in [-0.3, -0.25) is 0 Å². The Hall–Kier alpha value is -2.95. The maximum atomic E-state index is 12.0. The number of rotatable bonds is 3. The van der Waals surface area contributed by atoms with E-state index in [2.05, 4.69) is 0 Å². The third kappa shape index (κ3) is 4.52. The minimum absolute atomic E-state index is 0.171. The van der Waals surface area contributed by atoms with Gasteiger partial charge in [-0.25, -0.2) is 4.79 Å². The Morgan fingerprint density at radius 1 is 0.917 bits per heavy atom. The number of aromatic hydroxyl groups is 3. The van der Waals surface area contributed by atoms with Crippen LogP contribution >= 0.6 is 0 Å². The van der Waals surface area contributed by atoms with Crippen molar-refractivity contribution in [1.82, 2.24) is 0 Å². The SMILES string of the molecule is CC(C)(C)OC(=O)c1c(O)cc(C=Cc2ccc(O)cc2)cc1O. The molecule has 5 heteroatoms. The van der Waals surface area contributed by atoms with Gasteiger partial charge >= 0.3 is 5.97 Å². The number of esters is 1. The van der Waals surface area contributed by atoms with Gasteiger partial charge in [0.05, 0.1) is 0 Å². The highest BCUT2D eigenvalue weighted by molar-refractivity contribution is 5.96. The standard InChI is InChI=1S/C19H20O5/c1-19(2,3)24-18(23)17-15(21)10-13(11-16(17)22)5-4-12-6-8-14(20)9-7-12/h4-11,20-22H,1-3H3. The lowest BCUT2D eigenvalue weighted by atomic mass is 10.1. The first-order valence-corrected chi connectivity index (χ1v) is 7.42. The average molecular weight is 328 g/mol. The van der Waals surface area contributed by atoms with Crippen molar-refractivity contribution in [2.45, 2.75) is 26.4 Å². The highest BCUT2D eigenvalue weighted by Gasteiger charge is 2.23. The first kappa shape index (κ1) is 17.4. The van der Waals surface area contributed by atoms with Gasteiger partial charge in [0, 0.05) is 0 Å². The van der Waals surface area contributed by atoms with Gasteiger partial charge in [-0.1, -0.05) is 24.3 Å². The molecule has 0 heterocycles. The lowest BCUT2D eigenvalue weighted by Crippen LogP contribution is -2.24. The van der Waals surface area contributed by atoms with Crippen LogP contribution in [0.25, 0.3) is 12.2 Å². The Morgan fingerprint density at radius 3 is 1.92 bits per heavy atom. The van der Waals surface area contributed by atoms with Gasteiger partial charge in [-0.2, -0.15) is 0 Å². The fourth-order valence-corrected chi connectivity index (χ4v) is 2.05. The minimum Gasteiger partial charge on any atom is -0.508 e. The number of phenolic OH excluding ortho intramolecular Hbond substituents is 3. The van der Waals surface area contributed by atoms with Gasteiger partial charge in [-0.05, 0) is 56.2 Å². The number of hydrogen-bond acceptors (Lipinski definition) is 5. The summed E-state index contributed by atoms with van der Waals surface area (Å²) in [4.78, 5) is 12.0. The van der Waals surface area contributed by atoms with Crippen molar-refractivity contribution in [2.24, 2.45) is 0 Å². The van der Waals surface area contributed by atoms with Crippen molar-refractivity contribution >= 4 is 18.1 Å². The number of hydrogen-bond donors (Lipinski definition) is 3. The zero-order valence-electron chi connectivity index (χ0n) is 13.8. The van der Waals surface area contributed by atoms with Crippen LogP contribution < -0.4 is 0 Å². The number of carbonyl (C=O) groups excluding carboxylic acids is 1. The van der Waals surface area contributed by atoms with Crippen LogP contribution in [0.3, 0.4) is 0 Å². The van der Waals surface area contributed by atoms with E-state index in [0.717, 1.165) is 5.56 Å². The zero-order chi connectivity index (χ0) is 17.9. The molecule has 0 atom stereocenters. The second-order valence-corrected chi connectivity index (χ2v) is 6.36. The van der Waals surface area contributed by atoms with Crippen LogP contribution in [0.2, 0.25) is 0 Å². The van der Waals surface area contributed by atoms with E-state index in [1.165, 1.54) is 12.1 Å². The maximum Gasteiger partial charge on any atom is 0.346 e. The summed E-state index contributed by atoms with van der Waals surface area (Å²) in [5.74, 6) is -1.32. The minimum atomic E-state index is -0.786. The van der Waals surface area contributed by atoms with E-state index in [-0.39, 0.29) is 22.8 Å². The van der Waals surface area contributed by atoms with Crippen molar-refractivity contribution in [1.29, 1.82) is 0 Å². The topological polar surface area (TPSA) is 87.0 Å². The van der Waals surface area contributed by atoms with Crippen LogP contribution in [0.15, 0.2) is 36.4 Å². The fourth-order valence-electron chi connectivity index (χ4n) is 2.05. The number of phenols is 3. The van der Waals surface area contributed by atoms with Gasteiger partial charge in [0.25, 0.3) is 0 Å². The van der Waals surface area contributed by atoms with Crippen LogP contribution in [-0.4, -0.2) is 26.9 Å². The second-order valence-electron chi connectivity index (χ2n) is 6.36. The van der Waals surface area contributed by atoms with E-state index in [1.807, 2.05) is 0 Å². The number of ether oxygens (including phenoxy) is 1. The van der Waals surface area contributed by atoms with E-state index < -0.39 is 11.6 Å². The molecule has 24 heavy (non-hydrogen) atoms. The summed E-state index contributed by atoms with van der Waals surface area (Å²) in [5.41, 5.74) is 0.369. The Morgan fingerprint density at radius 2 is 1.42 bits per heavy atom. The van der Waals surface area contributed by atoms with Crippen LogP contribution in [-0.2, 0) is 4.74 Å².